The number of hydrogen-bond donors (Lipinski definition) is 1. The standard InChI is InChI=1S/C26H20BrCl2IN4O6/c1-40-18-10-13(9-16(30)20(18)35)19-15-7-8-32-23(38)33(14-5-3-2-4-6-14)24(39)34(32)17(15)11-25(28)21(36)31(12-27)22(37)26(19,25)29/h2-7,9-10,17,19,35H,8,11-12H2,1H3/t17-,19+,25-,26+/m1/s1. The fraction of sp³-hybridized carbons (Fsp3) is 0.308. The molecular formula is C26H20BrCl2IN4O6. The highest BCUT2D eigenvalue weighted by Crippen LogP contribution is 2.63. The van der Waals surface area contributed by atoms with Crippen LogP contribution in [-0.2, 0) is 16.1 Å². The lowest BCUT2D eigenvalue weighted by Crippen LogP contribution is -2.59. The summed E-state index contributed by atoms with van der Waals surface area (Å²) >= 11 is 19.5. The van der Waals surface area contributed by atoms with E-state index in [2.05, 4.69) is 15.9 Å². The van der Waals surface area contributed by atoms with Crippen LogP contribution >= 0.6 is 61.7 Å². The number of likely N-dealkylation sites (tertiary alicyclic amines) is 1. The van der Waals surface area contributed by atoms with E-state index in [9.17, 15) is 24.3 Å². The summed E-state index contributed by atoms with van der Waals surface area (Å²) in [6.45, 7) is 0.0229. The number of para-hydroxylation sites is 1. The third-order valence-corrected chi connectivity index (χ3v) is 10.6. The fourth-order valence-electron chi connectivity index (χ4n) is 6.10. The Morgan fingerprint density at radius 1 is 1.10 bits per heavy atom. The van der Waals surface area contributed by atoms with E-state index in [0.29, 0.717) is 20.4 Å². The molecule has 6 rings (SSSR count). The number of rotatable bonds is 4. The second kappa shape index (κ2) is 9.50. The van der Waals surface area contributed by atoms with Gasteiger partial charge in [0.25, 0.3) is 11.8 Å². The fourth-order valence-corrected chi connectivity index (χ4v) is 8.13. The number of carbonyl (C=O) groups excluding carboxylic acids is 2. The molecule has 2 aliphatic heterocycles. The molecule has 1 saturated carbocycles. The van der Waals surface area contributed by atoms with Crippen molar-refractivity contribution in [3.8, 4) is 17.2 Å². The van der Waals surface area contributed by atoms with Gasteiger partial charge in [0.1, 0.15) is 0 Å². The number of alkyl halides is 3. The van der Waals surface area contributed by atoms with Crippen molar-refractivity contribution in [3.05, 3.63) is 84.2 Å². The van der Waals surface area contributed by atoms with Crippen LogP contribution in [0.15, 0.2) is 63.7 Å². The van der Waals surface area contributed by atoms with E-state index in [1.165, 1.54) is 16.5 Å². The van der Waals surface area contributed by atoms with Crippen molar-refractivity contribution >= 4 is 73.5 Å². The first-order valence-electron chi connectivity index (χ1n) is 12.1. The van der Waals surface area contributed by atoms with Gasteiger partial charge in [0.05, 0.1) is 34.4 Å². The van der Waals surface area contributed by atoms with Gasteiger partial charge in [-0.25, -0.2) is 23.5 Å². The van der Waals surface area contributed by atoms with Crippen molar-refractivity contribution in [3.63, 3.8) is 0 Å². The molecule has 2 amide bonds. The summed E-state index contributed by atoms with van der Waals surface area (Å²) in [5.41, 5.74) is 0.114. The lowest BCUT2D eigenvalue weighted by Gasteiger charge is -2.49. The lowest BCUT2D eigenvalue weighted by atomic mass is 9.64. The maximum Gasteiger partial charge on any atom is 0.352 e. The molecule has 1 aliphatic carbocycles. The van der Waals surface area contributed by atoms with E-state index in [4.69, 9.17) is 27.9 Å². The number of phenolic OH excluding ortho intramolecular Hbond substituents is 1. The maximum atomic E-state index is 13.9. The molecule has 40 heavy (non-hydrogen) atoms. The Labute approximate surface area is 259 Å². The number of imide groups is 1. The highest BCUT2D eigenvalue weighted by Gasteiger charge is 2.75. The van der Waals surface area contributed by atoms with Crippen LogP contribution in [0.3, 0.4) is 0 Å². The average Bonchev–Trinajstić information content (AvgIpc) is 3.28. The van der Waals surface area contributed by atoms with E-state index < -0.39 is 44.9 Å². The summed E-state index contributed by atoms with van der Waals surface area (Å²) in [6.07, 6.45) is 1.55. The lowest BCUT2D eigenvalue weighted by molar-refractivity contribution is -0.138. The minimum atomic E-state index is -1.97. The maximum absolute atomic E-state index is 13.9. The zero-order chi connectivity index (χ0) is 28.7. The molecule has 1 N–H and O–H groups in total. The Kier molecular flexibility index (Phi) is 6.56. The highest BCUT2D eigenvalue weighted by atomic mass is 127. The quantitative estimate of drug-likeness (QED) is 0.143. The Morgan fingerprint density at radius 2 is 1.80 bits per heavy atom. The number of phenols is 1. The molecule has 3 aromatic rings. The molecule has 0 bridgehead atoms. The second-order valence-corrected chi connectivity index (χ2v) is 12.6. The Bertz CT molecular complexity index is 1750. The molecule has 208 valence electrons. The largest absolute Gasteiger partial charge is 0.504 e. The van der Waals surface area contributed by atoms with E-state index in [-0.39, 0.29) is 29.9 Å². The van der Waals surface area contributed by atoms with Crippen molar-refractivity contribution in [2.75, 3.05) is 12.6 Å². The number of aromatic nitrogens is 3. The number of halogens is 4. The summed E-state index contributed by atoms with van der Waals surface area (Å²) in [7, 11) is 1.39. The number of amides is 2. The number of benzene rings is 2. The van der Waals surface area contributed by atoms with Gasteiger partial charge in [0, 0.05) is 12.3 Å². The molecule has 10 nitrogen and oxygen atoms in total. The molecule has 1 saturated heterocycles. The predicted molar refractivity (Wildman–Crippen MR) is 159 cm³/mol. The van der Waals surface area contributed by atoms with Gasteiger partial charge in [-0.1, -0.05) is 40.2 Å². The Hall–Kier alpha value is -2.55. The number of carbonyl (C=O) groups is 2. The SMILES string of the molecule is COc1cc([C@H]2C3=CCn4c(=O)n(-c5ccccc5)c(=O)n4[C@@H]3C[C@@]3(Cl)C(=O)N(CBr)C(=O)[C@@]23Cl)cc(I)c1O. The van der Waals surface area contributed by atoms with Gasteiger partial charge in [-0.05, 0) is 58.0 Å². The van der Waals surface area contributed by atoms with Crippen LogP contribution in [0.1, 0.15) is 23.9 Å². The molecule has 0 radical (unpaired) electrons. The van der Waals surface area contributed by atoms with Crippen LogP contribution < -0.4 is 16.1 Å². The van der Waals surface area contributed by atoms with Gasteiger partial charge < -0.3 is 9.84 Å². The van der Waals surface area contributed by atoms with Crippen LogP contribution in [0.2, 0.25) is 0 Å². The van der Waals surface area contributed by atoms with E-state index >= 15 is 0 Å². The van der Waals surface area contributed by atoms with Gasteiger partial charge in [-0.3, -0.25) is 14.5 Å². The number of fused-ring (bicyclic) bond motifs is 4. The number of methoxy groups -OCH3 is 1. The topological polar surface area (TPSA) is 116 Å². The first-order chi connectivity index (χ1) is 19.0. The zero-order valence-corrected chi connectivity index (χ0v) is 25.9. The highest BCUT2D eigenvalue weighted by molar-refractivity contribution is 14.1. The predicted octanol–water partition coefficient (Wildman–Crippen LogP) is 3.46. The minimum Gasteiger partial charge on any atom is -0.504 e. The summed E-state index contributed by atoms with van der Waals surface area (Å²) in [6, 6.07) is 10.8. The first kappa shape index (κ1) is 27.6. The molecule has 2 aromatic carbocycles. The molecular weight excluding hydrogens is 742 g/mol. The van der Waals surface area contributed by atoms with Gasteiger partial charge >= 0.3 is 11.4 Å². The third-order valence-electron chi connectivity index (χ3n) is 7.90. The van der Waals surface area contributed by atoms with Gasteiger partial charge in [0.15, 0.2) is 21.2 Å². The molecule has 1 aromatic heterocycles. The smallest absolute Gasteiger partial charge is 0.352 e. The first-order valence-corrected chi connectivity index (χ1v) is 15.0. The molecule has 14 heteroatoms. The van der Waals surface area contributed by atoms with Crippen molar-refractivity contribution < 1.29 is 19.4 Å². The molecule has 2 fully saturated rings. The number of allylic oxidation sites excluding steroid dienone is 2. The summed E-state index contributed by atoms with van der Waals surface area (Å²) < 4.78 is 9.46. The minimum absolute atomic E-state index is 0.0229. The van der Waals surface area contributed by atoms with Crippen LogP contribution in [0.25, 0.3) is 5.69 Å². The molecule has 0 unspecified atom stereocenters. The molecule has 0 spiro atoms. The number of aromatic hydroxyl groups is 1. The van der Waals surface area contributed by atoms with Gasteiger partial charge in [0.2, 0.25) is 0 Å². The number of ether oxygens (including phenoxy) is 1. The van der Waals surface area contributed by atoms with Crippen LogP contribution in [0, 0.1) is 3.57 Å². The molecule has 3 heterocycles. The summed E-state index contributed by atoms with van der Waals surface area (Å²) in [4.78, 5) is 51.9. The van der Waals surface area contributed by atoms with E-state index in [1.54, 1.807) is 48.5 Å². The number of hydrogen-bond acceptors (Lipinski definition) is 6. The van der Waals surface area contributed by atoms with Crippen molar-refractivity contribution in [1.82, 2.24) is 18.8 Å². The van der Waals surface area contributed by atoms with E-state index in [0.717, 1.165) is 9.47 Å². The normalized spacial score (nSPS) is 27.2. The van der Waals surface area contributed by atoms with Crippen molar-refractivity contribution in [2.24, 2.45) is 0 Å². The second-order valence-electron chi connectivity index (χ2n) is 9.74. The van der Waals surface area contributed by atoms with Crippen molar-refractivity contribution in [1.29, 1.82) is 0 Å². The Morgan fingerprint density at radius 3 is 2.45 bits per heavy atom. The van der Waals surface area contributed by atoms with Crippen LogP contribution in [0.4, 0.5) is 0 Å². The number of nitrogens with zero attached hydrogens (tertiary/aromatic N) is 4. The third kappa shape index (κ3) is 3.45. The van der Waals surface area contributed by atoms with Crippen LogP contribution in [-0.4, -0.2) is 58.1 Å². The summed E-state index contributed by atoms with van der Waals surface area (Å²) in [5.74, 6) is -2.36. The van der Waals surface area contributed by atoms with Gasteiger partial charge in [-0.15, -0.1) is 23.2 Å². The molecule has 4 atom stereocenters. The summed E-state index contributed by atoms with van der Waals surface area (Å²) in [5, 5.41) is 10.5. The average molecular weight is 762 g/mol. The van der Waals surface area contributed by atoms with Gasteiger partial charge in [-0.2, -0.15) is 0 Å². The monoisotopic (exact) mass is 760 g/mol. The van der Waals surface area contributed by atoms with Crippen LogP contribution in [0.5, 0.6) is 11.5 Å². The zero-order valence-electron chi connectivity index (χ0n) is 20.7. The Balaban J connectivity index is 1.63. The van der Waals surface area contributed by atoms with E-state index in [1.807, 2.05) is 22.6 Å². The van der Waals surface area contributed by atoms with Crippen molar-refractivity contribution in [2.45, 2.75) is 34.7 Å². The molecule has 3 aliphatic rings.